The molecule has 0 unspecified atom stereocenters. The second-order valence-corrected chi connectivity index (χ2v) is 6.15. The van der Waals surface area contributed by atoms with Crippen LogP contribution >= 0.6 is 11.6 Å². The van der Waals surface area contributed by atoms with E-state index < -0.39 is 6.03 Å². The third-order valence-electron chi connectivity index (χ3n) is 3.70. The van der Waals surface area contributed by atoms with Crippen LogP contribution in [-0.2, 0) is 6.54 Å². The van der Waals surface area contributed by atoms with E-state index in [1.54, 1.807) is 29.2 Å². The molecule has 0 saturated carbocycles. The van der Waals surface area contributed by atoms with E-state index in [0.29, 0.717) is 17.3 Å². The second kappa shape index (κ2) is 7.36. The Kier molecular flexibility index (Phi) is 5.00. The van der Waals surface area contributed by atoms with E-state index in [4.69, 9.17) is 11.6 Å². The van der Waals surface area contributed by atoms with Gasteiger partial charge in [-0.3, -0.25) is 5.32 Å². The molecule has 2 N–H and O–H groups in total. The van der Waals surface area contributed by atoms with E-state index in [2.05, 4.69) is 26.8 Å². The van der Waals surface area contributed by atoms with E-state index >= 15 is 0 Å². The highest BCUT2D eigenvalue weighted by Gasteiger charge is 2.09. The molecule has 0 aliphatic rings. The highest BCUT2D eigenvalue weighted by molar-refractivity contribution is 6.31. The number of amides is 2. The molecule has 7 heteroatoms. The van der Waals surface area contributed by atoms with Crippen molar-refractivity contribution in [2.45, 2.75) is 20.4 Å². The van der Waals surface area contributed by atoms with Gasteiger partial charge < -0.3 is 5.32 Å². The van der Waals surface area contributed by atoms with Crippen LogP contribution in [0.4, 0.5) is 16.4 Å². The van der Waals surface area contributed by atoms with Crippen molar-refractivity contribution in [3.05, 3.63) is 70.5 Å². The summed E-state index contributed by atoms with van der Waals surface area (Å²) in [5.74, 6) is 0.241. The molecule has 6 nitrogen and oxygen atoms in total. The number of hydrogen-bond acceptors (Lipinski definition) is 3. The molecular formula is C18H18ClN5O. The third-order valence-corrected chi connectivity index (χ3v) is 4.11. The van der Waals surface area contributed by atoms with Crippen molar-refractivity contribution < 1.29 is 4.79 Å². The first kappa shape index (κ1) is 17.0. The Balaban J connectivity index is 1.63. The summed E-state index contributed by atoms with van der Waals surface area (Å²) in [6, 6.07) is 13.1. The van der Waals surface area contributed by atoms with Gasteiger partial charge in [-0.25, -0.2) is 14.5 Å². The SMILES string of the molecule is Cc1cccc(Cn2cnc(NC(=O)Nc3cccc(Cl)c3C)n2)c1. The number of carbonyl (C=O) groups excluding carboxylic acids is 1. The minimum atomic E-state index is -0.418. The van der Waals surface area contributed by atoms with Crippen molar-refractivity contribution in [3.63, 3.8) is 0 Å². The zero-order valence-electron chi connectivity index (χ0n) is 14.0. The van der Waals surface area contributed by atoms with Gasteiger partial charge in [-0.1, -0.05) is 47.5 Å². The van der Waals surface area contributed by atoms with Gasteiger partial charge in [0.2, 0.25) is 5.95 Å². The van der Waals surface area contributed by atoms with Crippen molar-refractivity contribution in [1.82, 2.24) is 14.8 Å². The van der Waals surface area contributed by atoms with Crippen LogP contribution in [0.3, 0.4) is 0 Å². The van der Waals surface area contributed by atoms with Crippen molar-refractivity contribution in [1.29, 1.82) is 0 Å². The fourth-order valence-electron chi connectivity index (χ4n) is 2.42. The lowest BCUT2D eigenvalue weighted by Crippen LogP contribution is -2.21. The summed E-state index contributed by atoms with van der Waals surface area (Å²) in [5, 5.41) is 10.2. The molecule has 0 aliphatic carbocycles. The molecule has 0 atom stereocenters. The van der Waals surface area contributed by atoms with Gasteiger partial charge in [0.15, 0.2) is 0 Å². The molecule has 128 valence electrons. The van der Waals surface area contributed by atoms with Gasteiger partial charge in [-0.15, -0.1) is 5.10 Å². The molecule has 0 aliphatic heterocycles. The highest BCUT2D eigenvalue weighted by atomic mass is 35.5. The lowest BCUT2D eigenvalue weighted by atomic mass is 10.1. The molecule has 0 fully saturated rings. The Morgan fingerprint density at radius 1 is 1.16 bits per heavy atom. The monoisotopic (exact) mass is 355 g/mol. The van der Waals surface area contributed by atoms with E-state index in [9.17, 15) is 4.79 Å². The standard InChI is InChI=1S/C18H18ClN5O/c1-12-5-3-6-14(9-12)10-24-11-20-17(23-24)22-18(25)21-16-8-4-7-15(19)13(16)2/h3-9,11H,10H2,1-2H3,(H2,21,22,23,25). The second-order valence-electron chi connectivity index (χ2n) is 5.75. The van der Waals surface area contributed by atoms with Crippen LogP contribution < -0.4 is 10.6 Å². The number of hydrogen-bond donors (Lipinski definition) is 2. The molecule has 1 heterocycles. The molecule has 2 amide bonds. The average Bonchev–Trinajstić information content (AvgIpc) is 2.98. The fraction of sp³-hybridized carbons (Fsp3) is 0.167. The topological polar surface area (TPSA) is 71.8 Å². The lowest BCUT2D eigenvalue weighted by Gasteiger charge is -2.09. The summed E-state index contributed by atoms with van der Waals surface area (Å²) in [5.41, 5.74) is 3.75. The Morgan fingerprint density at radius 3 is 2.76 bits per heavy atom. The largest absolute Gasteiger partial charge is 0.326 e. The molecule has 2 aromatic carbocycles. The Morgan fingerprint density at radius 2 is 1.96 bits per heavy atom. The van der Waals surface area contributed by atoms with Gasteiger partial charge in [-0.2, -0.15) is 0 Å². The first-order valence-corrected chi connectivity index (χ1v) is 8.17. The molecule has 0 bridgehead atoms. The Bertz CT molecular complexity index is 906. The van der Waals surface area contributed by atoms with E-state index in [1.807, 2.05) is 32.0 Å². The predicted octanol–water partition coefficient (Wildman–Crippen LogP) is 4.24. The Hall–Kier alpha value is -2.86. The number of benzene rings is 2. The van der Waals surface area contributed by atoms with Crippen molar-refractivity contribution in [2.75, 3.05) is 10.6 Å². The molecular weight excluding hydrogens is 338 g/mol. The van der Waals surface area contributed by atoms with Crippen LogP contribution in [-0.4, -0.2) is 20.8 Å². The number of carbonyl (C=O) groups is 1. The average molecular weight is 356 g/mol. The summed E-state index contributed by atoms with van der Waals surface area (Å²) >= 11 is 6.05. The Labute approximate surface area is 150 Å². The fourth-order valence-corrected chi connectivity index (χ4v) is 2.60. The zero-order chi connectivity index (χ0) is 17.8. The van der Waals surface area contributed by atoms with E-state index in [0.717, 1.165) is 11.1 Å². The van der Waals surface area contributed by atoms with Crippen molar-refractivity contribution in [3.8, 4) is 0 Å². The summed E-state index contributed by atoms with van der Waals surface area (Å²) < 4.78 is 1.68. The van der Waals surface area contributed by atoms with Crippen LogP contribution in [0.15, 0.2) is 48.8 Å². The first-order valence-electron chi connectivity index (χ1n) is 7.79. The number of aromatic nitrogens is 3. The summed E-state index contributed by atoms with van der Waals surface area (Å²) in [4.78, 5) is 16.2. The molecule has 0 radical (unpaired) electrons. The maximum absolute atomic E-state index is 12.1. The highest BCUT2D eigenvalue weighted by Crippen LogP contribution is 2.22. The molecule has 0 saturated heterocycles. The quantitative estimate of drug-likeness (QED) is 0.735. The summed E-state index contributed by atoms with van der Waals surface area (Å²) in [6.45, 7) is 4.47. The number of rotatable bonds is 4. The zero-order valence-corrected chi connectivity index (χ0v) is 14.7. The van der Waals surface area contributed by atoms with Crippen LogP contribution in [0.5, 0.6) is 0 Å². The maximum atomic E-state index is 12.1. The van der Waals surface area contributed by atoms with E-state index in [1.165, 1.54) is 5.56 Å². The number of urea groups is 1. The minimum absolute atomic E-state index is 0.241. The van der Waals surface area contributed by atoms with Crippen LogP contribution in [0.2, 0.25) is 5.02 Å². The van der Waals surface area contributed by atoms with Gasteiger partial charge in [0.05, 0.1) is 6.54 Å². The molecule has 25 heavy (non-hydrogen) atoms. The predicted molar refractivity (Wildman–Crippen MR) is 99.1 cm³/mol. The number of nitrogens with one attached hydrogen (secondary N) is 2. The smallest absolute Gasteiger partial charge is 0.307 e. The normalized spacial score (nSPS) is 10.5. The molecule has 1 aromatic heterocycles. The van der Waals surface area contributed by atoms with Gasteiger partial charge in [0.25, 0.3) is 0 Å². The van der Waals surface area contributed by atoms with Crippen molar-refractivity contribution in [2.24, 2.45) is 0 Å². The summed E-state index contributed by atoms with van der Waals surface area (Å²) in [6.07, 6.45) is 1.59. The van der Waals surface area contributed by atoms with Crippen LogP contribution in [0.1, 0.15) is 16.7 Å². The molecule has 3 rings (SSSR count). The number of halogens is 1. The van der Waals surface area contributed by atoms with Crippen LogP contribution in [0, 0.1) is 13.8 Å². The third kappa shape index (κ3) is 4.36. The maximum Gasteiger partial charge on any atom is 0.326 e. The molecule has 0 spiro atoms. The van der Waals surface area contributed by atoms with Gasteiger partial charge in [-0.05, 0) is 37.1 Å². The number of nitrogens with zero attached hydrogens (tertiary/aromatic N) is 3. The van der Waals surface area contributed by atoms with Gasteiger partial charge >= 0.3 is 6.03 Å². The van der Waals surface area contributed by atoms with Gasteiger partial charge in [0.1, 0.15) is 6.33 Å². The molecule has 3 aromatic rings. The van der Waals surface area contributed by atoms with Crippen molar-refractivity contribution >= 4 is 29.3 Å². The van der Waals surface area contributed by atoms with Crippen LogP contribution in [0.25, 0.3) is 0 Å². The number of aryl methyl sites for hydroxylation is 1. The minimum Gasteiger partial charge on any atom is -0.307 e. The first-order chi connectivity index (χ1) is 12.0. The summed E-state index contributed by atoms with van der Waals surface area (Å²) in [7, 11) is 0. The number of anilines is 2. The lowest BCUT2D eigenvalue weighted by molar-refractivity contribution is 0.262. The van der Waals surface area contributed by atoms with E-state index in [-0.39, 0.29) is 5.95 Å². The van der Waals surface area contributed by atoms with Gasteiger partial charge in [0, 0.05) is 10.7 Å².